The number of hydrogen-bond donors (Lipinski definition) is 0. The van der Waals surface area contributed by atoms with Crippen LogP contribution in [0.1, 0.15) is 16.7 Å². The van der Waals surface area contributed by atoms with E-state index in [1.807, 2.05) is 18.2 Å². The van der Waals surface area contributed by atoms with Gasteiger partial charge in [0, 0.05) is 0 Å². The van der Waals surface area contributed by atoms with Gasteiger partial charge >= 0.3 is 0 Å². The molecule has 0 bridgehead atoms. The van der Waals surface area contributed by atoms with Gasteiger partial charge in [0.2, 0.25) is 0 Å². The summed E-state index contributed by atoms with van der Waals surface area (Å²) >= 11 is 3.50. The largest absolute Gasteiger partial charge is 0.493 e. The maximum Gasteiger partial charge on any atom is 0.161 e. The second kappa shape index (κ2) is 9.95. The van der Waals surface area contributed by atoms with Gasteiger partial charge in [-0.05, 0) is 81.2 Å². The molecule has 3 rings (SSSR count). The zero-order chi connectivity index (χ0) is 21.5. The Hall–Kier alpha value is -3.30. The minimum Gasteiger partial charge on any atom is -0.493 e. The summed E-state index contributed by atoms with van der Waals surface area (Å²) in [6.45, 7) is 0.251. The van der Waals surface area contributed by atoms with Gasteiger partial charge in [-0.2, -0.15) is 5.26 Å². The molecule has 0 aliphatic carbocycles. The Kier molecular flexibility index (Phi) is 7.10. The predicted octanol–water partition coefficient (Wildman–Crippen LogP) is 6.25. The summed E-state index contributed by atoms with van der Waals surface area (Å²) in [5.74, 6) is 1.48. The van der Waals surface area contributed by atoms with Crippen molar-refractivity contribution in [2.24, 2.45) is 0 Å². The van der Waals surface area contributed by atoms with E-state index in [1.54, 1.807) is 50.6 Å². The van der Waals surface area contributed by atoms with E-state index in [1.165, 1.54) is 12.1 Å². The minimum absolute atomic E-state index is 0.251. The first kappa shape index (κ1) is 21.4. The molecule has 0 heterocycles. The van der Waals surface area contributed by atoms with E-state index < -0.39 is 0 Å². The molecule has 3 aromatic carbocycles. The average Bonchev–Trinajstić information content (AvgIpc) is 2.76. The van der Waals surface area contributed by atoms with Gasteiger partial charge in [-0.3, -0.25) is 0 Å². The van der Waals surface area contributed by atoms with Crippen LogP contribution in [0.15, 0.2) is 65.1 Å². The maximum atomic E-state index is 13.3. The number of benzene rings is 3. The zero-order valence-electron chi connectivity index (χ0n) is 16.5. The first-order valence-corrected chi connectivity index (χ1v) is 9.84. The fourth-order valence-corrected chi connectivity index (χ4v) is 3.37. The van der Waals surface area contributed by atoms with Crippen LogP contribution in [0, 0.1) is 17.1 Å². The van der Waals surface area contributed by atoms with Crippen molar-refractivity contribution in [2.45, 2.75) is 6.61 Å². The molecule has 30 heavy (non-hydrogen) atoms. The molecule has 0 aromatic heterocycles. The first-order valence-electron chi connectivity index (χ1n) is 9.05. The van der Waals surface area contributed by atoms with Crippen LogP contribution < -0.4 is 14.2 Å². The lowest BCUT2D eigenvalue weighted by atomic mass is 10.0. The van der Waals surface area contributed by atoms with Gasteiger partial charge in [0.05, 0.1) is 30.3 Å². The van der Waals surface area contributed by atoms with Crippen LogP contribution in [0.5, 0.6) is 17.2 Å². The monoisotopic (exact) mass is 467 g/mol. The molecular formula is C24H19BrFNO3. The summed E-state index contributed by atoms with van der Waals surface area (Å²) in [5.41, 5.74) is 2.77. The predicted molar refractivity (Wildman–Crippen MR) is 118 cm³/mol. The molecule has 0 saturated carbocycles. The number of nitrogens with zero attached hydrogens (tertiary/aromatic N) is 1. The lowest BCUT2D eigenvalue weighted by Gasteiger charge is -2.10. The molecular weight excluding hydrogens is 449 g/mol. The van der Waals surface area contributed by atoms with Crippen molar-refractivity contribution in [1.29, 1.82) is 5.26 Å². The molecule has 0 saturated heterocycles. The average molecular weight is 468 g/mol. The lowest BCUT2D eigenvalue weighted by molar-refractivity contribution is 0.303. The van der Waals surface area contributed by atoms with E-state index >= 15 is 0 Å². The summed E-state index contributed by atoms with van der Waals surface area (Å²) in [7, 11) is 3.12. The summed E-state index contributed by atoms with van der Waals surface area (Å²) in [6, 6.07) is 19.4. The third kappa shape index (κ3) is 5.19. The van der Waals surface area contributed by atoms with Crippen molar-refractivity contribution >= 4 is 27.6 Å². The summed E-state index contributed by atoms with van der Waals surface area (Å²) in [6.07, 6.45) is 1.78. The van der Waals surface area contributed by atoms with Crippen LogP contribution in [-0.4, -0.2) is 14.2 Å². The Morgan fingerprint density at radius 2 is 1.77 bits per heavy atom. The number of hydrogen-bond acceptors (Lipinski definition) is 4. The van der Waals surface area contributed by atoms with Crippen LogP contribution >= 0.6 is 15.9 Å². The van der Waals surface area contributed by atoms with Crippen LogP contribution in [-0.2, 0) is 6.61 Å². The highest BCUT2D eigenvalue weighted by Crippen LogP contribution is 2.32. The van der Waals surface area contributed by atoms with Gasteiger partial charge in [0.15, 0.2) is 11.5 Å². The van der Waals surface area contributed by atoms with E-state index in [4.69, 9.17) is 14.2 Å². The molecule has 4 nitrogen and oxygen atoms in total. The zero-order valence-corrected chi connectivity index (χ0v) is 18.1. The van der Waals surface area contributed by atoms with E-state index in [2.05, 4.69) is 22.0 Å². The third-order valence-electron chi connectivity index (χ3n) is 4.37. The van der Waals surface area contributed by atoms with Crippen LogP contribution in [0.2, 0.25) is 0 Å². The lowest BCUT2D eigenvalue weighted by Crippen LogP contribution is -1.96. The second-order valence-electron chi connectivity index (χ2n) is 6.35. The summed E-state index contributed by atoms with van der Waals surface area (Å²) in [4.78, 5) is 0. The molecule has 0 spiro atoms. The van der Waals surface area contributed by atoms with Gasteiger partial charge in [0.1, 0.15) is 18.2 Å². The van der Waals surface area contributed by atoms with E-state index in [0.29, 0.717) is 22.8 Å². The topological polar surface area (TPSA) is 51.5 Å². The normalized spacial score (nSPS) is 11.0. The molecule has 0 fully saturated rings. The van der Waals surface area contributed by atoms with Crippen molar-refractivity contribution in [3.63, 3.8) is 0 Å². The Morgan fingerprint density at radius 3 is 2.43 bits per heavy atom. The molecule has 0 aliphatic rings. The molecule has 6 heteroatoms. The SMILES string of the molecule is COc1ccc(/C(C#N)=C/c2ccc(OCc3cccc(F)c3)c(Br)c2)cc1OC. The number of rotatable bonds is 7. The highest BCUT2D eigenvalue weighted by Gasteiger charge is 2.09. The van der Waals surface area contributed by atoms with Crippen LogP contribution in [0.4, 0.5) is 4.39 Å². The molecule has 0 unspecified atom stereocenters. The summed E-state index contributed by atoms with van der Waals surface area (Å²) in [5, 5.41) is 9.63. The Bertz CT molecular complexity index is 1120. The van der Waals surface area contributed by atoms with Gasteiger partial charge in [0.25, 0.3) is 0 Å². The van der Waals surface area contributed by atoms with Crippen molar-refractivity contribution in [2.75, 3.05) is 14.2 Å². The standard InChI is InChI=1S/C24H19BrFNO3/c1-28-23-9-7-18(13-24(23)29-2)19(14-27)10-16-6-8-22(21(25)12-16)30-15-17-4-3-5-20(26)11-17/h3-13H,15H2,1-2H3/b19-10+. The van der Waals surface area contributed by atoms with E-state index in [9.17, 15) is 9.65 Å². The van der Waals surface area contributed by atoms with E-state index in [-0.39, 0.29) is 12.4 Å². The Balaban J connectivity index is 1.81. The molecule has 0 radical (unpaired) electrons. The van der Waals surface area contributed by atoms with Crippen molar-refractivity contribution in [3.8, 4) is 23.3 Å². The van der Waals surface area contributed by atoms with Gasteiger partial charge in [-0.1, -0.05) is 18.2 Å². The molecule has 0 aliphatic heterocycles. The number of halogens is 2. The molecule has 0 amide bonds. The second-order valence-corrected chi connectivity index (χ2v) is 7.20. The van der Waals surface area contributed by atoms with Crippen LogP contribution in [0.25, 0.3) is 11.6 Å². The van der Waals surface area contributed by atoms with Crippen molar-refractivity contribution < 1.29 is 18.6 Å². The van der Waals surface area contributed by atoms with E-state index in [0.717, 1.165) is 21.2 Å². The maximum absolute atomic E-state index is 13.3. The molecule has 152 valence electrons. The Labute approximate surface area is 183 Å². The summed E-state index contributed by atoms with van der Waals surface area (Å²) < 4.78 is 30.4. The van der Waals surface area contributed by atoms with Crippen molar-refractivity contribution in [3.05, 3.63) is 87.6 Å². The highest BCUT2D eigenvalue weighted by molar-refractivity contribution is 9.10. The molecule has 0 atom stereocenters. The highest BCUT2D eigenvalue weighted by atomic mass is 79.9. The van der Waals surface area contributed by atoms with Crippen molar-refractivity contribution in [1.82, 2.24) is 0 Å². The third-order valence-corrected chi connectivity index (χ3v) is 4.99. The first-order chi connectivity index (χ1) is 14.5. The number of allylic oxidation sites excluding steroid dienone is 1. The van der Waals surface area contributed by atoms with Gasteiger partial charge in [-0.25, -0.2) is 4.39 Å². The van der Waals surface area contributed by atoms with Gasteiger partial charge in [-0.15, -0.1) is 0 Å². The molecule has 0 N–H and O–H groups in total. The quantitative estimate of drug-likeness (QED) is 0.304. The smallest absolute Gasteiger partial charge is 0.161 e. The molecule has 3 aromatic rings. The Morgan fingerprint density at radius 1 is 1.00 bits per heavy atom. The fourth-order valence-electron chi connectivity index (χ4n) is 2.86. The number of methoxy groups -OCH3 is 2. The minimum atomic E-state index is -0.296. The van der Waals surface area contributed by atoms with Crippen LogP contribution in [0.3, 0.4) is 0 Å². The van der Waals surface area contributed by atoms with Gasteiger partial charge < -0.3 is 14.2 Å². The number of nitriles is 1. The fraction of sp³-hybridized carbons (Fsp3) is 0.125. The number of ether oxygens (including phenoxy) is 3.